The quantitative estimate of drug-likeness (QED) is 0.703. The van der Waals surface area contributed by atoms with Crippen molar-refractivity contribution in [2.75, 3.05) is 32.8 Å². The number of esters is 1. The van der Waals surface area contributed by atoms with Gasteiger partial charge in [-0.15, -0.1) is 0 Å². The molecule has 0 aromatic carbocycles. The Labute approximate surface area is 114 Å². The van der Waals surface area contributed by atoms with Crippen LogP contribution < -0.4 is 5.32 Å². The lowest BCUT2D eigenvalue weighted by Crippen LogP contribution is -2.58. The summed E-state index contributed by atoms with van der Waals surface area (Å²) in [5.41, 5.74) is -1.11. The van der Waals surface area contributed by atoms with Gasteiger partial charge in [0.1, 0.15) is 5.60 Å². The Bertz CT molecular complexity index is 366. The molecule has 3 fully saturated rings. The van der Waals surface area contributed by atoms with Crippen LogP contribution in [-0.4, -0.2) is 60.9 Å². The van der Waals surface area contributed by atoms with Crippen molar-refractivity contribution in [1.82, 2.24) is 10.2 Å². The number of carbonyl (C=O) groups excluding carboxylic acids is 1. The van der Waals surface area contributed by atoms with Gasteiger partial charge in [-0.05, 0) is 39.8 Å². The van der Waals surface area contributed by atoms with Gasteiger partial charge in [-0.2, -0.15) is 0 Å². The number of rotatable bonds is 1. The maximum atomic E-state index is 12.2. The van der Waals surface area contributed by atoms with Gasteiger partial charge >= 0.3 is 5.97 Å². The first-order chi connectivity index (χ1) is 9.01. The summed E-state index contributed by atoms with van der Waals surface area (Å²) in [6.07, 6.45) is 2.99. The number of hydrogen-bond acceptors (Lipinski definition) is 5. The number of nitrogens with one attached hydrogen (secondary N) is 1. The van der Waals surface area contributed by atoms with Crippen molar-refractivity contribution >= 4 is 5.97 Å². The number of cyclic esters (lactones) is 1. The number of ether oxygens (including phenoxy) is 2. The molecule has 3 rings (SSSR count). The van der Waals surface area contributed by atoms with Crippen LogP contribution in [0.15, 0.2) is 0 Å². The number of hydrogen-bond donors (Lipinski definition) is 1. The van der Waals surface area contributed by atoms with E-state index in [0.29, 0.717) is 25.6 Å². The van der Waals surface area contributed by atoms with E-state index in [4.69, 9.17) is 9.47 Å². The highest BCUT2D eigenvalue weighted by molar-refractivity contribution is 5.83. The Hall–Kier alpha value is -0.650. The smallest absolute Gasteiger partial charge is 0.340 e. The van der Waals surface area contributed by atoms with Gasteiger partial charge in [0.15, 0.2) is 5.60 Å². The summed E-state index contributed by atoms with van der Waals surface area (Å²) in [5, 5.41) is 3.39. The minimum absolute atomic E-state index is 0.170. The topological polar surface area (TPSA) is 50.8 Å². The van der Waals surface area contributed by atoms with Gasteiger partial charge in [-0.3, -0.25) is 4.90 Å². The van der Waals surface area contributed by atoms with Gasteiger partial charge in [0.05, 0.1) is 6.61 Å². The molecular formula is C14H24N2O3. The SMILES string of the molecule is CC1(C)CC2(CN(C3CCNCC3)CCO2)C(=O)O1. The number of piperidine rings is 1. The molecule has 3 saturated heterocycles. The molecular weight excluding hydrogens is 244 g/mol. The molecule has 0 bridgehead atoms. The van der Waals surface area contributed by atoms with E-state index in [1.165, 1.54) is 0 Å². The van der Waals surface area contributed by atoms with E-state index in [1.807, 2.05) is 13.8 Å². The molecule has 5 heteroatoms. The maximum absolute atomic E-state index is 12.2. The van der Waals surface area contributed by atoms with Crippen LogP contribution >= 0.6 is 0 Å². The second-order valence-corrected chi connectivity index (χ2v) is 6.62. The Morgan fingerprint density at radius 1 is 1.32 bits per heavy atom. The van der Waals surface area contributed by atoms with Crippen molar-refractivity contribution in [2.24, 2.45) is 0 Å². The molecule has 3 aliphatic heterocycles. The average Bonchev–Trinajstić information content (AvgIpc) is 2.60. The Kier molecular flexibility index (Phi) is 3.31. The monoisotopic (exact) mass is 268 g/mol. The van der Waals surface area contributed by atoms with Crippen molar-refractivity contribution in [3.63, 3.8) is 0 Å². The minimum atomic E-state index is -0.716. The third kappa shape index (κ3) is 2.51. The molecule has 0 saturated carbocycles. The Morgan fingerprint density at radius 3 is 2.68 bits per heavy atom. The third-order valence-corrected chi connectivity index (χ3v) is 4.49. The maximum Gasteiger partial charge on any atom is 0.340 e. The second-order valence-electron chi connectivity index (χ2n) is 6.62. The summed E-state index contributed by atoms with van der Waals surface area (Å²) in [6, 6.07) is 0.582. The predicted molar refractivity (Wildman–Crippen MR) is 70.9 cm³/mol. The molecule has 1 unspecified atom stereocenters. The molecule has 3 heterocycles. The first-order valence-electron chi connectivity index (χ1n) is 7.33. The molecule has 0 aliphatic carbocycles. The standard InChI is InChI=1S/C14H24N2O3/c1-13(2)9-14(12(17)19-13)10-16(7-8-18-14)11-3-5-15-6-4-11/h11,15H,3-10H2,1-2H3. The second kappa shape index (κ2) is 4.72. The lowest BCUT2D eigenvalue weighted by Gasteiger charge is -2.43. The fourth-order valence-corrected chi connectivity index (χ4v) is 3.66. The summed E-state index contributed by atoms with van der Waals surface area (Å²) in [6.45, 7) is 8.34. The predicted octanol–water partition coefficient (Wildman–Crippen LogP) is 0.535. The highest BCUT2D eigenvalue weighted by atomic mass is 16.6. The summed E-state index contributed by atoms with van der Waals surface area (Å²) in [5.74, 6) is -0.170. The highest BCUT2D eigenvalue weighted by Gasteiger charge is 2.56. The lowest BCUT2D eigenvalue weighted by molar-refractivity contribution is -0.172. The van der Waals surface area contributed by atoms with Crippen LogP contribution in [0.1, 0.15) is 33.1 Å². The minimum Gasteiger partial charge on any atom is -0.457 e. The molecule has 108 valence electrons. The number of morpholine rings is 1. The molecule has 0 amide bonds. The average molecular weight is 268 g/mol. The van der Waals surface area contributed by atoms with Crippen molar-refractivity contribution in [2.45, 2.75) is 50.4 Å². The molecule has 3 aliphatic rings. The Morgan fingerprint density at radius 2 is 2.05 bits per heavy atom. The van der Waals surface area contributed by atoms with Crippen molar-refractivity contribution in [1.29, 1.82) is 0 Å². The van der Waals surface area contributed by atoms with Gasteiger partial charge in [0.25, 0.3) is 0 Å². The van der Waals surface area contributed by atoms with E-state index in [9.17, 15) is 4.79 Å². The van der Waals surface area contributed by atoms with E-state index in [0.717, 1.165) is 32.5 Å². The molecule has 1 atom stereocenters. The van der Waals surface area contributed by atoms with E-state index >= 15 is 0 Å². The van der Waals surface area contributed by atoms with E-state index in [-0.39, 0.29) is 5.97 Å². The Balaban J connectivity index is 1.72. The van der Waals surface area contributed by atoms with Crippen LogP contribution in [0.2, 0.25) is 0 Å². The zero-order valence-electron chi connectivity index (χ0n) is 11.9. The molecule has 19 heavy (non-hydrogen) atoms. The summed E-state index contributed by atoms with van der Waals surface area (Å²) < 4.78 is 11.3. The first-order valence-corrected chi connectivity index (χ1v) is 7.33. The summed E-state index contributed by atoms with van der Waals surface area (Å²) in [7, 11) is 0. The van der Waals surface area contributed by atoms with E-state index in [2.05, 4.69) is 10.2 Å². The molecule has 0 aromatic heterocycles. The number of nitrogens with zero attached hydrogens (tertiary/aromatic N) is 1. The molecule has 5 nitrogen and oxygen atoms in total. The van der Waals surface area contributed by atoms with Gasteiger partial charge in [-0.25, -0.2) is 4.79 Å². The van der Waals surface area contributed by atoms with Gasteiger partial charge in [0.2, 0.25) is 0 Å². The van der Waals surface area contributed by atoms with Crippen LogP contribution in [0.25, 0.3) is 0 Å². The van der Waals surface area contributed by atoms with Crippen molar-refractivity contribution in [3.8, 4) is 0 Å². The third-order valence-electron chi connectivity index (χ3n) is 4.49. The highest BCUT2D eigenvalue weighted by Crippen LogP contribution is 2.39. The molecule has 1 N–H and O–H groups in total. The van der Waals surface area contributed by atoms with Crippen LogP contribution in [0.5, 0.6) is 0 Å². The summed E-state index contributed by atoms with van der Waals surface area (Å²) in [4.78, 5) is 14.6. The number of carbonyl (C=O) groups is 1. The van der Waals surface area contributed by atoms with E-state index in [1.54, 1.807) is 0 Å². The van der Waals surface area contributed by atoms with Gasteiger partial charge < -0.3 is 14.8 Å². The zero-order chi connectivity index (χ0) is 13.5. The molecule has 0 aromatic rings. The van der Waals surface area contributed by atoms with Gasteiger partial charge in [0, 0.05) is 25.6 Å². The van der Waals surface area contributed by atoms with Crippen molar-refractivity contribution in [3.05, 3.63) is 0 Å². The van der Waals surface area contributed by atoms with E-state index < -0.39 is 11.2 Å². The van der Waals surface area contributed by atoms with Crippen LogP contribution in [0.3, 0.4) is 0 Å². The first kappa shape index (κ1) is 13.3. The van der Waals surface area contributed by atoms with Crippen LogP contribution in [0, 0.1) is 0 Å². The largest absolute Gasteiger partial charge is 0.457 e. The fraction of sp³-hybridized carbons (Fsp3) is 0.929. The lowest BCUT2D eigenvalue weighted by atomic mass is 9.90. The van der Waals surface area contributed by atoms with Crippen molar-refractivity contribution < 1.29 is 14.3 Å². The normalized spacial score (nSPS) is 36.6. The zero-order valence-corrected chi connectivity index (χ0v) is 11.9. The fourth-order valence-electron chi connectivity index (χ4n) is 3.66. The molecule has 0 radical (unpaired) electrons. The van der Waals surface area contributed by atoms with Crippen LogP contribution in [-0.2, 0) is 14.3 Å². The van der Waals surface area contributed by atoms with Crippen LogP contribution in [0.4, 0.5) is 0 Å². The molecule has 1 spiro atoms. The van der Waals surface area contributed by atoms with Gasteiger partial charge in [-0.1, -0.05) is 0 Å². The summed E-state index contributed by atoms with van der Waals surface area (Å²) >= 11 is 0.